The van der Waals surface area contributed by atoms with Crippen molar-refractivity contribution in [1.82, 2.24) is 4.90 Å². The fourth-order valence-electron chi connectivity index (χ4n) is 4.48. The molecule has 0 fully saturated rings. The number of aliphatic carboxylic acids is 1. The summed E-state index contributed by atoms with van der Waals surface area (Å²) >= 11 is 0. The first-order valence-electron chi connectivity index (χ1n) is 12.7. The van der Waals surface area contributed by atoms with Crippen LogP contribution in [0.1, 0.15) is 72.3 Å². The van der Waals surface area contributed by atoms with Gasteiger partial charge in [0.2, 0.25) is 0 Å². The molecule has 1 atom stereocenters. The Morgan fingerprint density at radius 3 is 2.31 bits per heavy atom. The van der Waals surface area contributed by atoms with Gasteiger partial charge in [0.1, 0.15) is 17.1 Å². The first kappa shape index (κ1) is 26.5. The van der Waals surface area contributed by atoms with Gasteiger partial charge < -0.3 is 9.84 Å². The second kappa shape index (κ2) is 11.5. The SMILES string of the molecule is CCCCC1=NC(CC)(CC)C(=O)N1Cc1ccc(-c2cccc(OC(C(=O)O)C(C)C)c2)cc1. The number of carboxylic acid groups (broad SMARTS) is 1. The number of carboxylic acids is 1. The zero-order chi connectivity index (χ0) is 25.6. The molecule has 0 aliphatic carbocycles. The lowest BCUT2D eigenvalue weighted by atomic mass is 9.93. The van der Waals surface area contributed by atoms with Gasteiger partial charge in [0.05, 0.1) is 6.54 Å². The number of carbonyl (C=O) groups excluding carboxylic acids is 1. The molecule has 0 bridgehead atoms. The second-order valence-corrected chi connectivity index (χ2v) is 9.61. The molecular weight excluding hydrogens is 440 g/mol. The van der Waals surface area contributed by atoms with Gasteiger partial charge >= 0.3 is 5.97 Å². The fourth-order valence-corrected chi connectivity index (χ4v) is 4.48. The molecule has 1 aliphatic heterocycles. The van der Waals surface area contributed by atoms with Crippen LogP contribution in [0.5, 0.6) is 5.75 Å². The molecule has 0 saturated heterocycles. The van der Waals surface area contributed by atoms with Crippen LogP contribution in [0.15, 0.2) is 53.5 Å². The molecule has 35 heavy (non-hydrogen) atoms. The van der Waals surface area contributed by atoms with Crippen LogP contribution in [-0.2, 0) is 16.1 Å². The molecule has 188 valence electrons. The van der Waals surface area contributed by atoms with Crippen LogP contribution in [0, 0.1) is 5.92 Å². The lowest BCUT2D eigenvalue weighted by molar-refractivity contribution is -0.147. The minimum absolute atomic E-state index is 0.112. The van der Waals surface area contributed by atoms with E-state index in [1.807, 2.05) is 75.1 Å². The number of amides is 1. The van der Waals surface area contributed by atoms with Gasteiger partial charge in [-0.25, -0.2) is 4.79 Å². The van der Waals surface area contributed by atoms with Crippen LogP contribution in [0.3, 0.4) is 0 Å². The van der Waals surface area contributed by atoms with E-state index in [2.05, 4.69) is 6.92 Å². The van der Waals surface area contributed by atoms with Crippen LogP contribution < -0.4 is 4.74 Å². The van der Waals surface area contributed by atoms with Gasteiger partial charge in [-0.1, -0.05) is 77.4 Å². The Balaban J connectivity index is 1.78. The summed E-state index contributed by atoms with van der Waals surface area (Å²) in [6.45, 7) is 10.4. The van der Waals surface area contributed by atoms with Gasteiger partial charge in [0, 0.05) is 12.3 Å². The van der Waals surface area contributed by atoms with E-state index in [0.717, 1.165) is 41.8 Å². The summed E-state index contributed by atoms with van der Waals surface area (Å²) in [7, 11) is 0. The van der Waals surface area contributed by atoms with E-state index in [1.165, 1.54) is 0 Å². The quantitative estimate of drug-likeness (QED) is 0.386. The predicted molar refractivity (Wildman–Crippen MR) is 140 cm³/mol. The molecule has 1 amide bonds. The zero-order valence-corrected chi connectivity index (χ0v) is 21.6. The Kier molecular flexibility index (Phi) is 8.71. The summed E-state index contributed by atoms with van der Waals surface area (Å²) in [5, 5.41) is 9.43. The van der Waals surface area contributed by atoms with Crippen molar-refractivity contribution in [2.24, 2.45) is 10.9 Å². The molecule has 2 aromatic rings. The van der Waals surface area contributed by atoms with Crippen molar-refractivity contribution in [2.75, 3.05) is 0 Å². The van der Waals surface area contributed by atoms with Crippen LogP contribution in [0.2, 0.25) is 0 Å². The Hall–Kier alpha value is -3.15. The lowest BCUT2D eigenvalue weighted by Crippen LogP contribution is -2.41. The summed E-state index contributed by atoms with van der Waals surface area (Å²) in [4.78, 5) is 31.6. The maximum Gasteiger partial charge on any atom is 0.345 e. The Labute approximate surface area is 209 Å². The molecule has 0 saturated carbocycles. The smallest absolute Gasteiger partial charge is 0.345 e. The monoisotopic (exact) mass is 478 g/mol. The highest BCUT2D eigenvalue weighted by Crippen LogP contribution is 2.33. The average molecular weight is 479 g/mol. The molecule has 0 radical (unpaired) electrons. The summed E-state index contributed by atoms with van der Waals surface area (Å²) in [5.74, 6) is 0.438. The number of rotatable bonds is 12. The number of hydrogen-bond donors (Lipinski definition) is 1. The Bertz CT molecular complexity index is 1050. The summed E-state index contributed by atoms with van der Waals surface area (Å²) < 4.78 is 5.75. The third kappa shape index (κ3) is 5.92. The van der Waals surface area contributed by atoms with Crippen molar-refractivity contribution in [2.45, 2.75) is 84.9 Å². The largest absolute Gasteiger partial charge is 0.478 e. The van der Waals surface area contributed by atoms with Gasteiger partial charge in [-0.15, -0.1) is 0 Å². The van der Waals surface area contributed by atoms with Crippen LogP contribution in [0.4, 0.5) is 0 Å². The second-order valence-electron chi connectivity index (χ2n) is 9.61. The molecular formula is C29H38N2O4. The van der Waals surface area contributed by atoms with E-state index in [9.17, 15) is 14.7 Å². The van der Waals surface area contributed by atoms with Crippen molar-refractivity contribution in [1.29, 1.82) is 0 Å². The molecule has 1 heterocycles. The van der Waals surface area contributed by atoms with E-state index in [4.69, 9.17) is 9.73 Å². The molecule has 2 aromatic carbocycles. The van der Waals surface area contributed by atoms with E-state index >= 15 is 0 Å². The molecule has 0 spiro atoms. The maximum absolute atomic E-state index is 13.3. The zero-order valence-electron chi connectivity index (χ0n) is 21.6. The Morgan fingerprint density at radius 1 is 1.06 bits per heavy atom. The summed E-state index contributed by atoms with van der Waals surface area (Å²) in [6, 6.07) is 15.6. The highest BCUT2D eigenvalue weighted by molar-refractivity contribution is 6.08. The van der Waals surface area contributed by atoms with E-state index in [0.29, 0.717) is 25.1 Å². The summed E-state index contributed by atoms with van der Waals surface area (Å²) in [5.41, 5.74) is 2.38. The average Bonchev–Trinajstić information content (AvgIpc) is 3.12. The number of unbranched alkanes of at least 4 members (excludes halogenated alkanes) is 1. The first-order valence-corrected chi connectivity index (χ1v) is 12.7. The van der Waals surface area contributed by atoms with Crippen LogP contribution >= 0.6 is 0 Å². The lowest BCUT2D eigenvalue weighted by Gasteiger charge is -2.24. The molecule has 6 nitrogen and oxygen atoms in total. The maximum atomic E-state index is 13.3. The molecule has 1 unspecified atom stereocenters. The van der Waals surface area contributed by atoms with Gasteiger partial charge in [-0.2, -0.15) is 0 Å². The Morgan fingerprint density at radius 2 is 1.74 bits per heavy atom. The van der Waals surface area contributed by atoms with Gasteiger partial charge in [-0.05, 0) is 48.1 Å². The topological polar surface area (TPSA) is 79.2 Å². The minimum atomic E-state index is -0.969. The highest BCUT2D eigenvalue weighted by atomic mass is 16.5. The van der Waals surface area contributed by atoms with Crippen molar-refractivity contribution in [3.05, 3.63) is 54.1 Å². The standard InChI is InChI=1S/C29H38N2O4/c1-6-9-13-25-30-29(7-2,8-3)28(34)31(25)19-21-14-16-22(17-15-21)23-11-10-12-24(18-23)35-26(20(4)5)27(32)33/h10-12,14-18,20,26H,6-9,13,19H2,1-5H3,(H,32,33). The van der Waals surface area contributed by atoms with E-state index in [1.54, 1.807) is 6.07 Å². The van der Waals surface area contributed by atoms with Crippen molar-refractivity contribution >= 4 is 17.7 Å². The molecule has 6 heteroatoms. The summed E-state index contributed by atoms with van der Waals surface area (Å²) in [6.07, 6.45) is 3.43. The third-order valence-corrected chi connectivity index (χ3v) is 6.80. The predicted octanol–water partition coefficient (Wildman–Crippen LogP) is 6.33. The molecule has 1 aliphatic rings. The minimum Gasteiger partial charge on any atom is -0.478 e. The van der Waals surface area contributed by atoms with Gasteiger partial charge in [-0.3, -0.25) is 14.7 Å². The fraction of sp³-hybridized carbons (Fsp3) is 0.483. The van der Waals surface area contributed by atoms with Crippen LogP contribution in [-0.4, -0.2) is 39.4 Å². The number of amidine groups is 1. The van der Waals surface area contributed by atoms with Crippen LogP contribution in [0.25, 0.3) is 11.1 Å². The van der Waals surface area contributed by atoms with Gasteiger partial charge in [0.15, 0.2) is 6.10 Å². The number of aliphatic imine (C=N–C) groups is 1. The highest BCUT2D eigenvalue weighted by Gasteiger charge is 2.45. The van der Waals surface area contributed by atoms with Crippen molar-refractivity contribution in [3.8, 4) is 16.9 Å². The molecule has 0 aromatic heterocycles. The number of nitrogens with zero attached hydrogens (tertiary/aromatic N) is 2. The third-order valence-electron chi connectivity index (χ3n) is 6.80. The first-order chi connectivity index (χ1) is 16.7. The number of ether oxygens (including phenoxy) is 1. The van der Waals surface area contributed by atoms with Crippen molar-refractivity contribution < 1.29 is 19.4 Å². The normalized spacial score (nSPS) is 15.9. The van der Waals surface area contributed by atoms with E-state index in [-0.39, 0.29) is 11.8 Å². The number of hydrogen-bond acceptors (Lipinski definition) is 4. The number of benzene rings is 2. The number of carbonyl (C=O) groups is 2. The van der Waals surface area contributed by atoms with E-state index < -0.39 is 17.6 Å². The van der Waals surface area contributed by atoms with Gasteiger partial charge in [0.25, 0.3) is 5.91 Å². The molecule has 1 N–H and O–H groups in total. The van der Waals surface area contributed by atoms with Crippen molar-refractivity contribution in [3.63, 3.8) is 0 Å². The molecule has 3 rings (SSSR count).